The lowest BCUT2D eigenvalue weighted by Crippen LogP contribution is -2.38. The van der Waals surface area contributed by atoms with E-state index >= 15 is 0 Å². The molecule has 4 heteroatoms. The molecule has 0 saturated heterocycles. The monoisotopic (exact) mass is 258 g/mol. The van der Waals surface area contributed by atoms with Crippen LogP contribution < -0.4 is 5.73 Å². The van der Waals surface area contributed by atoms with Crippen molar-refractivity contribution in [1.29, 1.82) is 0 Å². The molecule has 0 aliphatic heterocycles. The summed E-state index contributed by atoms with van der Waals surface area (Å²) in [6.07, 6.45) is 4.80. The average molecular weight is 259 g/mol. The van der Waals surface area contributed by atoms with E-state index in [0.717, 1.165) is 10.9 Å². The second-order valence-electron chi connectivity index (χ2n) is 4.69. The SMILES string of the molecule is CN(Cc1ccc(Cl)s1)C1CCC(N)CC1. The number of rotatable bonds is 3. The Morgan fingerprint density at radius 2 is 2.06 bits per heavy atom. The van der Waals surface area contributed by atoms with Crippen LogP contribution in [-0.4, -0.2) is 24.0 Å². The van der Waals surface area contributed by atoms with Crippen LogP contribution in [0.15, 0.2) is 12.1 Å². The van der Waals surface area contributed by atoms with Gasteiger partial charge in [0.05, 0.1) is 4.34 Å². The molecule has 90 valence electrons. The van der Waals surface area contributed by atoms with E-state index in [4.69, 9.17) is 17.3 Å². The van der Waals surface area contributed by atoms with E-state index in [9.17, 15) is 0 Å². The molecule has 1 aromatic heterocycles. The molecule has 1 fully saturated rings. The average Bonchev–Trinajstić information content (AvgIpc) is 2.65. The van der Waals surface area contributed by atoms with E-state index in [1.165, 1.54) is 30.6 Å². The minimum atomic E-state index is 0.431. The lowest BCUT2D eigenvalue weighted by atomic mass is 9.91. The predicted octanol–water partition coefficient (Wildman–Crippen LogP) is 3.10. The zero-order valence-electron chi connectivity index (χ0n) is 9.66. The van der Waals surface area contributed by atoms with Crippen molar-refractivity contribution in [3.05, 3.63) is 21.3 Å². The van der Waals surface area contributed by atoms with Gasteiger partial charge in [0.1, 0.15) is 0 Å². The van der Waals surface area contributed by atoms with Gasteiger partial charge in [-0.2, -0.15) is 0 Å². The van der Waals surface area contributed by atoms with E-state index in [-0.39, 0.29) is 0 Å². The number of nitrogens with zero attached hydrogens (tertiary/aromatic N) is 1. The summed E-state index contributed by atoms with van der Waals surface area (Å²) < 4.78 is 0.883. The number of nitrogens with two attached hydrogens (primary N) is 1. The Hall–Kier alpha value is -0.0900. The molecule has 0 aromatic carbocycles. The van der Waals surface area contributed by atoms with Gasteiger partial charge in [0.25, 0.3) is 0 Å². The van der Waals surface area contributed by atoms with E-state index in [1.54, 1.807) is 11.3 Å². The first-order chi connectivity index (χ1) is 7.65. The van der Waals surface area contributed by atoms with Gasteiger partial charge in [0, 0.05) is 23.5 Å². The van der Waals surface area contributed by atoms with Crippen LogP contribution in [0.2, 0.25) is 4.34 Å². The van der Waals surface area contributed by atoms with Crippen LogP contribution in [0.25, 0.3) is 0 Å². The predicted molar refractivity (Wildman–Crippen MR) is 71.0 cm³/mol. The Morgan fingerprint density at radius 1 is 1.38 bits per heavy atom. The van der Waals surface area contributed by atoms with Crippen molar-refractivity contribution in [3.63, 3.8) is 0 Å². The molecule has 1 saturated carbocycles. The Kier molecular flexibility index (Phi) is 4.25. The van der Waals surface area contributed by atoms with E-state index in [1.807, 2.05) is 6.07 Å². The first-order valence-electron chi connectivity index (χ1n) is 5.85. The number of thiophene rings is 1. The minimum Gasteiger partial charge on any atom is -0.328 e. The molecule has 0 radical (unpaired) electrons. The summed E-state index contributed by atoms with van der Waals surface area (Å²) in [7, 11) is 2.20. The summed E-state index contributed by atoms with van der Waals surface area (Å²) in [4.78, 5) is 3.79. The Bertz CT molecular complexity index is 332. The largest absolute Gasteiger partial charge is 0.328 e. The smallest absolute Gasteiger partial charge is 0.0931 e. The van der Waals surface area contributed by atoms with Crippen molar-refractivity contribution in [2.24, 2.45) is 5.73 Å². The number of hydrogen-bond donors (Lipinski definition) is 1. The molecule has 2 nitrogen and oxygen atoms in total. The van der Waals surface area contributed by atoms with Gasteiger partial charge in [-0.25, -0.2) is 0 Å². The summed E-state index contributed by atoms with van der Waals surface area (Å²) in [5.41, 5.74) is 5.92. The zero-order valence-corrected chi connectivity index (χ0v) is 11.2. The van der Waals surface area contributed by atoms with Gasteiger partial charge in [-0.05, 0) is 44.9 Å². The van der Waals surface area contributed by atoms with Crippen molar-refractivity contribution in [2.75, 3.05) is 7.05 Å². The summed E-state index contributed by atoms with van der Waals surface area (Å²) in [6, 6.07) is 5.23. The Labute approximate surface area is 106 Å². The van der Waals surface area contributed by atoms with Crippen LogP contribution in [0.3, 0.4) is 0 Å². The maximum absolute atomic E-state index is 5.93. The minimum absolute atomic E-state index is 0.431. The fraction of sp³-hybridized carbons (Fsp3) is 0.667. The van der Waals surface area contributed by atoms with Gasteiger partial charge >= 0.3 is 0 Å². The van der Waals surface area contributed by atoms with Crippen LogP contribution in [0.4, 0.5) is 0 Å². The van der Waals surface area contributed by atoms with Gasteiger partial charge in [-0.1, -0.05) is 11.6 Å². The quantitative estimate of drug-likeness (QED) is 0.903. The number of hydrogen-bond acceptors (Lipinski definition) is 3. The van der Waals surface area contributed by atoms with Crippen molar-refractivity contribution in [1.82, 2.24) is 4.90 Å². The highest BCUT2D eigenvalue weighted by atomic mass is 35.5. The highest BCUT2D eigenvalue weighted by Crippen LogP contribution is 2.26. The maximum Gasteiger partial charge on any atom is 0.0931 e. The fourth-order valence-electron chi connectivity index (χ4n) is 2.35. The lowest BCUT2D eigenvalue weighted by Gasteiger charge is -2.33. The first kappa shape index (κ1) is 12.4. The molecule has 0 unspecified atom stereocenters. The summed E-state index contributed by atoms with van der Waals surface area (Å²) >= 11 is 7.61. The molecule has 0 atom stereocenters. The van der Waals surface area contributed by atoms with Crippen LogP contribution in [0, 0.1) is 0 Å². The van der Waals surface area contributed by atoms with Crippen molar-refractivity contribution < 1.29 is 0 Å². The second-order valence-corrected chi connectivity index (χ2v) is 6.49. The standard InChI is InChI=1S/C12H19ClN2S/c1-15(8-11-6-7-12(13)16-11)10-4-2-9(14)3-5-10/h6-7,9-10H,2-5,8,14H2,1H3. The molecule has 0 bridgehead atoms. The van der Waals surface area contributed by atoms with Crippen LogP contribution in [-0.2, 0) is 6.54 Å². The fourth-order valence-corrected chi connectivity index (χ4v) is 3.51. The third kappa shape index (κ3) is 3.20. The lowest BCUT2D eigenvalue weighted by molar-refractivity contribution is 0.177. The molecule has 1 heterocycles. The summed E-state index contributed by atoms with van der Waals surface area (Å²) in [5, 5.41) is 0. The van der Waals surface area contributed by atoms with E-state index in [2.05, 4.69) is 18.0 Å². The molecule has 1 aliphatic carbocycles. The van der Waals surface area contributed by atoms with Crippen molar-refractivity contribution in [3.8, 4) is 0 Å². The van der Waals surface area contributed by atoms with Gasteiger partial charge in [-0.3, -0.25) is 4.90 Å². The third-order valence-corrected chi connectivity index (χ3v) is 4.61. The normalized spacial score (nSPS) is 26.2. The first-order valence-corrected chi connectivity index (χ1v) is 7.04. The molecular weight excluding hydrogens is 240 g/mol. The molecule has 16 heavy (non-hydrogen) atoms. The maximum atomic E-state index is 5.93. The van der Waals surface area contributed by atoms with E-state index < -0.39 is 0 Å². The van der Waals surface area contributed by atoms with Gasteiger partial charge < -0.3 is 5.73 Å². The highest BCUT2D eigenvalue weighted by Gasteiger charge is 2.22. The van der Waals surface area contributed by atoms with Gasteiger partial charge in [-0.15, -0.1) is 11.3 Å². The molecule has 1 aromatic rings. The van der Waals surface area contributed by atoms with Crippen molar-refractivity contribution >= 4 is 22.9 Å². The second kappa shape index (κ2) is 5.50. The van der Waals surface area contributed by atoms with Crippen LogP contribution in [0.1, 0.15) is 30.6 Å². The molecule has 2 rings (SSSR count). The highest BCUT2D eigenvalue weighted by molar-refractivity contribution is 7.16. The van der Waals surface area contributed by atoms with Gasteiger partial charge in [0.2, 0.25) is 0 Å². The Morgan fingerprint density at radius 3 is 2.62 bits per heavy atom. The molecule has 0 amide bonds. The molecule has 2 N–H and O–H groups in total. The molecule has 1 aliphatic rings. The van der Waals surface area contributed by atoms with Crippen LogP contribution in [0.5, 0.6) is 0 Å². The number of halogens is 1. The van der Waals surface area contributed by atoms with E-state index in [0.29, 0.717) is 12.1 Å². The topological polar surface area (TPSA) is 29.3 Å². The Balaban J connectivity index is 1.85. The third-order valence-electron chi connectivity index (χ3n) is 3.40. The zero-order chi connectivity index (χ0) is 11.5. The summed E-state index contributed by atoms with van der Waals surface area (Å²) in [5.74, 6) is 0. The summed E-state index contributed by atoms with van der Waals surface area (Å²) in [6.45, 7) is 1.01. The van der Waals surface area contributed by atoms with Gasteiger partial charge in [0.15, 0.2) is 0 Å². The van der Waals surface area contributed by atoms with Crippen molar-refractivity contribution in [2.45, 2.75) is 44.3 Å². The van der Waals surface area contributed by atoms with Crippen LogP contribution >= 0.6 is 22.9 Å². The molecule has 0 spiro atoms. The molecular formula is C12H19ClN2S.